The van der Waals surface area contributed by atoms with E-state index in [-0.39, 0.29) is 29.7 Å². The highest BCUT2D eigenvalue weighted by Gasteiger charge is 2.32. The van der Waals surface area contributed by atoms with Crippen LogP contribution in [0, 0.1) is 17.3 Å². The Balaban J connectivity index is 2.42. The van der Waals surface area contributed by atoms with Gasteiger partial charge in [-0.2, -0.15) is 0 Å². The van der Waals surface area contributed by atoms with Gasteiger partial charge in [0, 0.05) is 5.92 Å². The molecule has 1 fully saturated rings. The lowest BCUT2D eigenvalue weighted by Gasteiger charge is -2.34. The average Bonchev–Trinajstić information content (AvgIpc) is 2.42. The van der Waals surface area contributed by atoms with Gasteiger partial charge in [0.1, 0.15) is 6.04 Å². The van der Waals surface area contributed by atoms with Crippen molar-refractivity contribution in [3.05, 3.63) is 0 Å². The number of amides is 2. The summed E-state index contributed by atoms with van der Waals surface area (Å²) in [6.07, 6.45) is 4.18. The summed E-state index contributed by atoms with van der Waals surface area (Å²) in [5.74, 6) is -1.51. The summed E-state index contributed by atoms with van der Waals surface area (Å²) in [4.78, 5) is 35.2. The molecule has 0 radical (unpaired) electrons. The number of hydrogen-bond donors (Lipinski definition) is 3. The van der Waals surface area contributed by atoms with Gasteiger partial charge in [-0.1, -0.05) is 34.1 Å². The molecule has 2 atom stereocenters. The van der Waals surface area contributed by atoms with Crippen molar-refractivity contribution in [3.63, 3.8) is 0 Å². The molecule has 1 unspecified atom stereocenters. The normalized spacial score (nSPS) is 21.5. The lowest BCUT2D eigenvalue weighted by atomic mass is 9.72. The van der Waals surface area contributed by atoms with Crippen LogP contribution in [0.3, 0.4) is 0 Å². The highest BCUT2D eigenvalue weighted by Crippen LogP contribution is 2.38. The first-order chi connectivity index (χ1) is 10.6. The highest BCUT2D eigenvalue weighted by atomic mass is 16.4. The summed E-state index contributed by atoms with van der Waals surface area (Å²) in [5, 5.41) is 14.2. The van der Waals surface area contributed by atoms with Gasteiger partial charge in [-0.15, -0.1) is 0 Å². The van der Waals surface area contributed by atoms with Crippen LogP contribution in [0.2, 0.25) is 0 Å². The highest BCUT2D eigenvalue weighted by molar-refractivity contribution is 5.88. The Labute approximate surface area is 138 Å². The standard InChI is InChI=1S/C17H30N2O4/c1-11(2)8-13(16(22)23)19-14(20)10-18-15(21)12-6-5-7-17(3,4)9-12/h11-13H,5-10H2,1-4H3,(H,18,21)(H,19,20)(H,22,23)/t12?,13-/m0/s1. The molecule has 0 saturated heterocycles. The van der Waals surface area contributed by atoms with Crippen LogP contribution in [0.25, 0.3) is 0 Å². The number of aliphatic carboxylic acids is 1. The predicted molar refractivity (Wildman–Crippen MR) is 87.8 cm³/mol. The van der Waals surface area contributed by atoms with Crippen molar-refractivity contribution in [2.45, 2.75) is 65.8 Å². The third kappa shape index (κ3) is 7.01. The average molecular weight is 326 g/mol. The second kappa shape index (κ2) is 8.31. The van der Waals surface area contributed by atoms with Crippen LogP contribution in [0.4, 0.5) is 0 Å². The molecule has 0 aromatic rings. The Morgan fingerprint density at radius 1 is 1.26 bits per heavy atom. The van der Waals surface area contributed by atoms with Crippen LogP contribution in [-0.4, -0.2) is 35.5 Å². The van der Waals surface area contributed by atoms with Gasteiger partial charge in [0.15, 0.2) is 0 Å². The molecule has 0 aliphatic heterocycles. The van der Waals surface area contributed by atoms with Gasteiger partial charge in [0.25, 0.3) is 0 Å². The number of carboxylic acid groups (broad SMARTS) is 1. The minimum Gasteiger partial charge on any atom is -0.480 e. The zero-order valence-electron chi connectivity index (χ0n) is 14.6. The zero-order chi connectivity index (χ0) is 17.6. The molecule has 6 heteroatoms. The molecule has 1 aliphatic rings. The van der Waals surface area contributed by atoms with Gasteiger partial charge in [-0.3, -0.25) is 9.59 Å². The molecule has 23 heavy (non-hydrogen) atoms. The molecule has 0 bridgehead atoms. The van der Waals surface area contributed by atoms with E-state index in [9.17, 15) is 14.4 Å². The fourth-order valence-corrected chi connectivity index (χ4v) is 3.17. The van der Waals surface area contributed by atoms with Crippen LogP contribution in [0.15, 0.2) is 0 Å². The third-order valence-corrected chi connectivity index (χ3v) is 4.34. The summed E-state index contributed by atoms with van der Waals surface area (Å²) in [6.45, 7) is 7.94. The van der Waals surface area contributed by atoms with E-state index in [1.165, 1.54) is 0 Å². The minimum absolute atomic E-state index is 0.0579. The second-order valence-electron chi connectivity index (χ2n) is 7.76. The van der Waals surface area contributed by atoms with E-state index in [0.29, 0.717) is 6.42 Å². The molecule has 1 aliphatic carbocycles. The van der Waals surface area contributed by atoms with E-state index >= 15 is 0 Å². The van der Waals surface area contributed by atoms with Gasteiger partial charge in [-0.05, 0) is 37.0 Å². The number of hydrogen-bond acceptors (Lipinski definition) is 3. The zero-order valence-corrected chi connectivity index (χ0v) is 14.6. The first-order valence-electron chi connectivity index (χ1n) is 8.40. The van der Waals surface area contributed by atoms with Gasteiger partial charge in [-0.25, -0.2) is 4.79 Å². The van der Waals surface area contributed by atoms with Crippen LogP contribution >= 0.6 is 0 Å². The van der Waals surface area contributed by atoms with Crippen molar-refractivity contribution in [2.24, 2.45) is 17.3 Å². The van der Waals surface area contributed by atoms with Crippen molar-refractivity contribution in [2.75, 3.05) is 6.54 Å². The quantitative estimate of drug-likeness (QED) is 0.666. The molecular weight excluding hydrogens is 296 g/mol. The lowest BCUT2D eigenvalue weighted by Crippen LogP contribution is -2.47. The van der Waals surface area contributed by atoms with Gasteiger partial charge < -0.3 is 15.7 Å². The molecule has 3 N–H and O–H groups in total. The summed E-state index contributed by atoms with van der Waals surface area (Å²) in [5.41, 5.74) is 0.161. The predicted octanol–water partition coefficient (Wildman–Crippen LogP) is 1.93. The van der Waals surface area contributed by atoms with Crippen molar-refractivity contribution in [3.8, 4) is 0 Å². The largest absolute Gasteiger partial charge is 0.480 e. The Hall–Kier alpha value is -1.59. The van der Waals surface area contributed by atoms with Gasteiger partial charge in [0.05, 0.1) is 6.54 Å². The van der Waals surface area contributed by atoms with Gasteiger partial charge >= 0.3 is 5.97 Å². The number of nitrogens with one attached hydrogen (secondary N) is 2. The van der Waals surface area contributed by atoms with Crippen molar-refractivity contribution in [1.82, 2.24) is 10.6 Å². The van der Waals surface area contributed by atoms with E-state index in [0.717, 1.165) is 25.7 Å². The topological polar surface area (TPSA) is 95.5 Å². The maximum Gasteiger partial charge on any atom is 0.326 e. The van der Waals surface area contributed by atoms with Crippen LogP contribution in [0.5, 0.6) is 0 Å². The Morgan fingerprint density at radius 3 is 2.43 bits per heavy atom. The number of carboxylic acids is 1. The molecule has 132 valence electrons. The van der Waals surface area contributed by atoms with Crippen LogP contribution in [-0.2, 0) is 14.4 Å². The van der Waals surface area contributed by atoms with E-state index < -0.39 is 17.9 Å². The van der Waals surface area contributed by atoms with E-state index in [1.807, 2.05) is 13.8 Å². The summed E-state index contributed by atoms with van der Waals surface area (Å²) < 4.78 is 0. The summed E-state index contributed by atoms with van der Waals surface area (Å²) in [6, 6.07) is -0.909. The lowest BCUT2D eigenvalue weighted by molar-refractivity contribution is -0.142. The molecule has 0 heterocycles. The molecule has 2 amide bonds. The van der Waals surface area contributed by atoms with Crippen molar-refractivity contribution in [1.29, 1.82) is 0 Å². The monoisotopic (exact) mass is 326 g/mol. The van der Waals surface area contributed by atoms with Crippen LogP contribution < -0.4 is 10.6 Å². The van der Waals surface area contributed by atoms with Crippen molar-refractivity contribution < 1.29 is 19.5 Å². The first kappa shape index (κ1) is 19.5. The molecule has 6 nitrogen and oxygen atoms in total. The minimum atomic E-state index is -1.05. The summed E-state index contributed by atoms with van der Waals surface area (Å²) in [7, 11) is 0. The van der Waals surface area contributed by atoms with E-state index in [1.54, 1.807) is 0 Å². The number of carbonyl (C=O) groups excluding carboxylic acids is 2. The fraction of sp³-hybridized carbons (Fsp3) is 0.824. The maximum absolute atomic E-state index is 12.2. The SMILES string of the molecule is CC(C)C[C@H](NC(=O)CNC(=O)C1CCCC(C)(C)C1)C(=O)O. The molecule has 0 aromatic heterocycles. The molecule has 0 aromatic carbocycles. The number of carbonyl (C=O) groups is 3. The Kier molecular flexibility index (Phi) is 7.03. The van der Waals surface area contributed by atoms with Gasteiger partial charge in [0.2, 0.25) is 11.8 Å². The maximum atomic E-state index is 12.2. The molecule has 1 saturated carbocycles. The second-order valence-corrected chi connectivity index (χ2v) is 7.76. The van der Waals surface area contributed by atoms with Crippen molar-refractivity contribution >= 4 is 17.8 Å². The fourth-order valence-electron chi connectivity index (χ4n) is 3.17. The smallest absolute Gasteiger partial charge is 0.326 e. The first-order valence-corrected chi connectivity index (χ1v) is 8.40. The molecular formula is C17H30N2O4. The summed E-state index contributed by atoms with van der Waals surface area (Å²) >= 11 is 0. The molecule has 0 spiro atoms. The Bertz CT molecular complexity index is 446. The van der Waals surface area contributed by atoms with Crippen LogP contribution in [0.1, 0.15) is 59.8 Å². The third-order valence-electron chi connectivity index (χ3n) is 4.34. The Morgan fingerprint density at radius 2 is 1.91 bits per heavy atom. The van der Waals surface area contributed by atoms with E-state index in [2.05, 4.69) is 24.5 Å². The number of rotatable bonds is 7. The molecule has 1 rings (SSSR count). The van der Waals surface area contributed by atoms with E-state index in [4.69, 9.17) is 5.11 Å².